The second-order valence-corrected chi connectivity index (χ2v) is 7.13. The lowest BCUT2D eigenvalue weighted by molar-refractivity contribution is 0.0954. The summed E-state index contributed by atoms with van der Waals surface area (Å²) in [7, 11) is 3.20. The molecule has 7 nitrogen and oxygen atoms in total. The molecule has 1 fully saturated rings. The summed E-state index contributed by atoms with van der Waals surface area (Å²) in [5.41, 5.74) is 0.531. The van der Waals surface area contributed by atoms with Crippen LogP contribution in [0.2, 0.25) is 0 Å². The molecule has 32 heavy (non-hydrogen) atoms. The molecule has 174 valence electrons. The molecule has 1 saturated heterocycles. The van der Waals surface area contributed by atoms with Gasteiger partial charge >= 0.3 is 0 Å². The van der Waals surface area contributed by atoms with Gasteiger partial charge in [0.25, 0.3) is 5.91 Å². The highest BCUT2D eigenvalue weighted by atomic mass is 127. The Kier molecular flexibility index (Phi) is 9.95. The van der Waals surface area contributed by atoms with Crippen LogP contribution in [0, 0.1) is 11.6 Å². The Morgan fingerprint density at radius 3 is 2.53 bits per heavy atom. The molecule has 3 N–H and O–H groups in total. The molecule has 0 spiro atoms. The van der Waals surface area contributed by atoms with E-state index < -0.39 is 11.6 Å². The maximum Gasteiger partial charge on any atom is 0.251 e. The largest absolute Gasteiger partial charge is 0.497 e. The maximum atomic E-state index is 14.0. The number of nitrogens with one attached hydrogen (secondary N) is 3. The molecule has 10 heteroatoms. The van der Waals surface area contributed by atoms with Gasteiger partial charge in [0.15, 0.2) is 5.96 Å². The minimum absolute atomic E-state index is 0. The molecular weight excluding hydrogens is 531 g/mol. The van der Waals surface area contributed by atoms with Gasteiger partial charge in [0.05, 0.1) is 7.11 Å². The van der Waals surface area contributed by atoms with E-state index in [-0.39, 0.29) is 41.6 Å². The normalized spacial score (nSPS) is 15.7. The fourth-order valence-corrected chi connectivity index (χ4v) is 3.48. The molecule has 2 aromatic rings. The molecule has 1 unspecified atom stereocenters. The van der Waals surface area contributed by atoms with Gasteiger partial charge in [0.2, 0.25) is 0 Å². The first-order valence-electron chi connectivity index (χ1n) is 10.1. The Morgan fingerprint density at radius 2 is 1.84 bits per heavy atom. The lowest BCUT2D eigenvalue weighted by atomic mass is 10.2. The van der Waals surface area contributed by atoms with Crippen molar-refractivity contribution < 1.29 is 18.3 Å². The van der Waals surface area contributed by atoms with Crippen molar-refractivity contribution >= 4 is 41.5 Å². The Hall–Kier alpha value is -2.63. The summed E-state index contributed by atoms with van der Waals surface area (Å²) in [6, 6.07) is 10.8. The number of carbonyl (C=O) groups excluding carboxylic acids is 1. The van der Waals surface area contributed by atoms with E-state index in [1.165, 1.54) is 18.2 Å². The number of aliphatic imine (C=N–C) groups is 1. The van der Waals surface area contributed by atoms with Crippen LogP contribution in [0.3, 0.4) is 0 Å². The molecule has 1 amide bonds. The van der Waals surface area contributed by atoms with E-state index in [9.17, 15) is 13.6 Å². The van der Waals surface area contributed by atoms with E-state index in [0.717, 1.165) is 6.42 Å². The van der Waals surface area contributed by atoms with Gasteiger partial charge in [-0.05, 0) is 36.8 Å². The standard InChI is InChI=1S/C22H27F2N5O2.HI/c1-25-22(27-11-10-26-21(30)15-5-3-6-17(13-15)31-2)28-16-9-12-29(14-16)20-18(23)7-4-8-19(20)24;/h3-8,13,16H,9-12,14H2,1-2H3,(H,26,30)(H2,25,27,28);1H. The summed E-state index contributed by atoms with van der Waals surface area (Å²) in [6.45, 7) is 1.87. The first-order chi connectivity index (χ1) is 15.0. The lowest BCUT2D eigenvalue weighted by Gasteiger charge is -2.21. The Bertz CT molecular complexity index is 924. The van der Waals surface area contributed by atoms with Gasteiger partial charge in [-0.25, -0.2) is 8.78 Å². The summed E-state index contributed by atoms with van der Waals surface area (Å²) >= 11 is 0. The molecule has 0 radical (unpaired) electrons. The van der Waals surface area contributed by atoms with Crippen LogP contribution in [-0.2, 0) is 0 Å². The maximum absolute atomic E-state index is 14.0. The molecule has 0 saturated carbocycles. The van der Waals surface area contributed by atoms with Crippen LogP contribution in [-0.4, -0.2) is 58.2 Å². The number of hydrogen-bond donors (Lipinski definition) is 3. The van der Waals surface area contributed by atoms with E-state index >= 15 is 0 Å². The molecule has 1 atom stereocenters. The average Bonchev–Trinajstić information content (AvgIpc) is 3.23. The zero-order chi connectivity index (χ0) is 22.2. The van der Waals surface area contributed by atoms with Gasteiger partial charge in [-0.2, -0.15) is 0 Å². The third-order valence-electron chi connectivity index (χ3n) is 5.04. The predicted molar refractivity (Wildman–Crippen MR) is 132 cm³/mol. The molecule has 1 heterocycles. The quantitative estimate of drug-likeness (QED) is 0.211. The van der Waals surface area contributed by atoms with E-state index in [4.69, 9.17) is 4.74 Å². The second-order valence-electron chi connectivity index (χ2n) is 7.13. The topological polar surface area (TPSA) is 78.0 Å². The van der Waals surface area contributed by atoms with Crippen molar-refractivity contribution in [1.29, 1.82) is 0 Å². The predicted octanol–water partition coefficient (Wildman–Crippen LogP) is 2.77. The van der Waals surface area contributed by atoms with Crippen LogP contribution < -0.4 is 25.6 Å². The molecule has 3 rings (SSSR count). The zero-order valence-corrected chi connectivity index (χ0v) is 20.4. The van der Waals surface area contributed by atoms with Crippen molar-refractivity contribution in [2.75, 3.05) is 45.2 Å². The van der Waals surface area contributed by atoms with Crippen molar-refractivity contribution in [3.8, 4) is 5.75 Å². The van der Waals surface area contributed by atoms with Crippen molar-refractivity contribution in [3.05, 3.63) is 59.7 Å². The minimum Gasteiger partial charge on any atom is -0.497 e. The summed E-state index contributed by atoms with van der Waals surface area (Å²) < 4.78 is 33.2. The number of rotatable bonds is 7. The third-order valence-corrected chi connectivity index (χ3v) is 5.04. The molecule has 1 aliphatic rings. The number of carbonyl (C=O) groups is 1. The van der Waals surface area contributed by atoms with Crippen molar-refractivity contribution in [2.24, 2.45) is 4.99 Å². The van der Waals surface area contributed by atoms with Gasteiger partial charge in [-0.15, -0.1) is 24.0 Å². The first kappa shape index (κ1) is 25.6. The fraction of sp³-hybridized carbons (Fsp3) is 0.364. The van der Waals surface area contributed by atoms with E-state index in [1.54, 1.807) is 43.3 Å². The van der Waals surface area contributed by atoms with E-state index in [1.807, 2.05) is 0 Å². The molecule has 0 aliphatic carbocycles. The van der Waals surface area contributed by atoms with Crippen LogP contribution in [0.5, 0.6) is 5.75 Å². The van der Waals surface area contributed by atoms with Gasteiger partial charge < -0.3 is 25.6 Å². The van der Waals surface area contributed by atoms with Crippen LogP contribution >= 0.6 is 24.0 Å². The number of hydrogen-bond acceptors (Lipinski definition) is 4. The number of guanidine groups is 1. The van der Waals surface area contributed by atoms with Gasteiger partial charge in [0.1, 0.15) is 23.1 Å². The summed E-state index contributed by atoms with van der Waals surface area (Å²) in [4.78, 5) is 18.1. The number of benzene rings is 2. The molecular formula is C22H28F2IN5O2. The molecule has 2 aromatic carbocycles. The summed E-state index contributed by atoms with van der Waals surface area (Å²) in [5.74, 6) is -0.125. The van der Waals surface area contributed by atoms with Gasteiger partial charge in [-0.1, -0.05) is 12.1 Å². The van der Waals surface area contributed by atoms with Gasteiger partial charge in [0, 0.05) is 44.8 Å². The Labute approximate surface area is 203 Å². The fourth-order valence-electron chi connectivity index (χ4n) is 3.48. The highest BCUT2D eigenvalue weighted by Gasteiger charge is 2.27. The SMILES string of the molecule is CN=C(NCCNC(=O)c1cccc(OC)c1)NC1CCN(c2c(F)cccc2F)C1.I. The van der Waals surface area contributed by atoms with Crippen molar-refractivity contribution in [2.45, 2.75) is 12.5 Å². The monoisotopic (exact) mass is 559 g/mol. The summed E-state index contributed by atoms with van der Waals surface area (Å²) in [6.07, 6.45) is 0.723. The van der Waals surface area contributed by atoms with E-state index in [0.29, 0.717) is 43.5 Å². The number of para-hydroxylation sites is 1. The number of halogens is 3. The van der Waals surface area contributed by atoms with Crippen molar-refractivity contribution in [3.63, 3.8) is 0 Å². The molecule has 0 bridgehead atoms. The number of nitrogens with zero attached hydrogens (tertiary/aromatic N) is 2. The second kappa shape index (κ2) is 12.4. The van der Waals surface area contributed by atoms with Crippen LogP contribution in [0.1, 0.15) is 16.8 Å². The van der Waals surface area contributed by atoms with Crippen LogP contribution in [0.15, 0.2) is 47.5 Å². The van der Waals surface area contributed by atoms with E-state index in [2.05, 4.69) is 20.9 Å². The first-order valence-corrected chi connectivity index (χ1v) is 10.1. The number of amides is 1. The number of methoxy groups -OCH3 is 1. The highest BCUT2D eigenvalue weighted by molar-refractivity contribution is 14.0. The molecule has 1 aliphatic heterocycles. The minimum atomic E-state index is -0.560. The number of ether oxygens (including phenoxy) is 1. The lowest BCUT2D eigenvalue weighted by Crippen LogP contribution is -2.46. The highest BCUT2D eigenvalue weighted by Crippen LogP contribution is 2.26. The average molecular weight is 559 g/mol. The summed E-state index contributed by atoms with van der Waals surface area (Å²) in [5, 5.41) is 9.23. The Balaban J connectivity index is 0.00000363. The third kappa shape index (κ3) is 6.68. The zero-order valence-electron chi connectivity index (χ0n) is 18.0. The smallest absolute Gasteiger partial charge is 0.251 e. The van der Waals surface area contributed by atoms with Crippen LogP contribution in [0.4, 0.5) is 14.5 Å². The van der Waals surface area contributed by atoms with Crippen LogP contribution in [0.25, 0.3) is 0 Å². The molecule has 0 aromatic heterocycles. The van der Waals surface area contributed by atoms with Gasteiger partial charge in [-0.3, -0.25) is 9.79 Å². The Morgan fingerprint density at radius 1 is 1.16 bits per heavy atom. The number of anilines is 1. The van der Waals surface area contributed by atoms with Crippen molar-refractivity contribution in [1.82, 2.24) is 16.0 Å².